The summed E-state index contributed by atoms with van der Waals surface area (Å²) in [5, 5.41) is 3.81. The molecule has 1 amide bonds. The Morgan fingerprint density at radius 1 is 1.17 bits per heavy atom. The number of fused-ring (bicyclic) bond motifs is 1. The molecule has 2 aromatic carbocycles. The molecule has 0 saturated carbocycles. The fourth-order valence-electron chi connectivity index (χ4n) is 2.48. The molecule has 0 aliphatic carbocycles. The van der Waals surface area contributed by atoms with Crippen LogP contribution < -0.4 is 5.32 Å². The summed E-state index contributed by atoms with van der Waals surface area (Å²) in [6.45, 7) is 3.57. The number of hydrogen-bond acceptors (Lipinski definition) is 4. The molecule has 0 bridgehead atoms. The number of anilines is 1. The van der Waals surface area contributed by atoms with E-state index in [1.54, 1.807) is 24.3 Å². The normalized spacial score (nSPS) is 12.5. The van der Waals surface area contributed by atoms with Crippen molar-refractivity contribution in [3.05, 3.63) is 59.2 Å². The Hall–Kier alpha value is -2.40. The first kappa shape index (κ1) is 16.5. The van der Waals surface area contributed by atoms with Crippen molar-refractivity contribution in [2.24, 2.45) is 4.99 Å². The molecule has 1 N–H and O–H groups in total. The Morgan fingerprint density at radius 2 is 1.92 bits per heavy atom. The van der Waals surface area contributed by atoms with Crippen LogP contribution in [0, 0.1) is 6.92 Å². The molecule has 0 unspecified atom stereocenters. The number of amides is 1. The number of Topliss-reactive ketones (excluding diaryl/α,β-unsaturated/α-hetero) is 1. The van der Waals surface area contributed by atoms with Gasteiger partial charge in [0, 0.05) is 17.7 Å². The highest BCUT2D eigenvalue weighted by atomic mass is 32.2. The van der Waals surface area contributed by atoms with Gasteiger partial charge in [-0.2, -0.15) is 0 Å². The molecule has 3 rings (SSSR count). The third-order valence-corrected chi connectivity index (χ3v) is 4.75. The maximum absolute atomic E-state index is 12.1. The number of nitrogens with one attached hydrogen (secondary N) is 1. The van der Waals surface area contributed by atoms with Crippen LogP contribution in [0.1, 0.15) is 28.4 Å². The Labute approximate surface area is 145 Å². The third-order valence-electron chi connectivity index (χ3n) is 3.77. The summed E-state index contributed by atoms with van der Waals surface area (Å²) in [6.07, 6.45) is 0.793. The van der Waals surface area contributed by atoms with Crippen molar-refractivity contribution in [2.75, 3.05) is 11.1 Å². The summed E-state index contributed by atoms with van der Waals surface area (Å²) < 4.78 is 0. The van der Waals surface area contributed by atoms with Crippen LogP contribution in [0.3, 0.4) is 0 Å². The summed E-state index contributed by atoms with van der Waals surface area (Å²) in [5.41, 5.74) is 4.74. The number of hydrogen-bond donors (Lipinski definition) is 1. The number of carbonyl (C=O) groups excluding carboxylic acids is 2. The largest absolute Gasteiger partial charge is 0.325 e. The highest BCUT2D eigenvalue weighted by Gasteiger charge is 2.16. The van der Waals surface area contributed by atoms with Gasteiger partial charge in [0.1, 0.15) is 0 Å². The second kappa shape index (κ2) is 7.01. The second-order valence-electron chi connectivity index (χ2n) is 5.78. The predicted molar refractivity (Wildman–Crippen MR) is 99.5 cm³/mol. The number of rotatable bonds is 4. The SMILES string of the molecule is CC(=O)c1ccc(NC(=O)CSC2=Nc3cc(C)ccc3C2)cc1. The number of nitrogens with zero attached hydrogens (tertiary/aromatic N) is 1. The van der Waals surface area contributed by atoms with Crippen molar-refractivity contribution in [1.82, 2.24) is 0 Å². The molecule has 1 aliphatic rings. The van der Waals surface area contributed by atoms with E-state index in [9.17, 15) is 9.59 Å². The van der Waals surface area contributed by atoms with Crippen LogP contribution in [0.15, 0.2) is 47.5 Å². The minimum atomic E-state index is -0.0783. The Bertz CT molecular complexity index is 826. The lowest BCUT2D eigenvalue weighted by molar-refractivity contribution is -0.113. The van der Waals surface area contributed by atoms with Gasteiger partial charge in [-0.05, 0) is 55.3 Å². The standard InChI is InChI=1S/C19H18N2O2S/c1-12-3-4-15-10-19(21-17(15)9-12)24-11-18(23)20-16-7-5-14(6-8-16)13(2)22/h3-9H,10-11H2,1-2H3,(H,20,23). The van der Waals surface area contributed by atoms with Crippen LogP contribution in [0.5, 0.6) is 0 Å². The van der Waals surface area contributed by atoms with Gasteiger partial charge in [-0.3, -0.25) is 9.59 Å². The molecule has 1 heterocycles. The summed E-state index contributed by atoms with van der Waals surface area (Å²) in [5.74, 6) is 0.253. The second-order valence-corrected chi connectivity index (χ2v) is 6.83. The van der Waals surface area contributed by atoms with Gasteiger partial charge in [0.2, 0.25) is 5.91 Å². The Kier molecular flexibility index (Phi) is 4.81. The Morgan fingerprint density at radius 3 is 2.62 bits per heavy atom. The highest BCUT2D eigenvalue weighted by molar-refractivity contribution is 8.14. The number of aliphatic imine (C=N–C) groups is 1. The van der Waals surface area contributed by atoms with E-state index in [2.05, 4.69) is 28.5 Å². The first-order valence-corrected chi connectivity index (χ1v) is 8.70. The van der Waals surface area contributed by atoms with Gasteiger partial charge < -0.3 is 5.32 Å². The lowest BCUT2D eigenvalue weighted by atomic mass is 10.1. The molecule has 2 aromatic rings. The number of carbonyl (C=O) groups is 2. The zero-order valence-electron chi connectivity index (χ0n) is 13.6. The lowest BCUT2D eigenvalue weighted by Crippen LogP contribution is -2.15. The van der Waals surface area contributed by atoms with E-state index in [1.807, 2.05) is 6.92 Å². The smallest absolute Gasteiger partial charge is 0.234 e. The summed E-state index contributed by atoms with van der Waals surface area (Å²) in [4.78, 5) is 27.9. The van der Waals surface area contributed by atoms with Crippen LogP contribution >= 0.6 is 11.8 Å². The molecular formula is C19H18N2O2S. The minimum Gasteiger partial charge on any atom is -0.325 e. The van der Waals surface area contributed by atoms with Gasteiger partial charge in [0.25, 0.3) is 0 Å². The van der Waals surface area contributed by atoms with E-state index in [1.165, 1.54) is 29.8 Å². The van der Waals surface area contributed by atoms with Crippen molar-refractivity contribution >= 4 is 39.9 Å². The molecule has 0 fully saturated rings. The van der Waals surface area contributed by atoms with Crippen molar-refractivity contribution < 1.29 is 9.59 Å². The molecule has 122 valence electrons. The molecule has 0 atom stereocenters. The number of ketones is 1. The van der Waals surface area contributed by atoms with E-state index in [0.29, 0.717) is 17.0 Å². The average Bonchev–Trinajstić information content (AvgIpc) is 2.95. The van der Waals surface area contributed by atoms with Crippen molar-refractivity contribution in [3.8, 4) is 0 Å². The van der Waals surface area contributed by atoms with Crippen molar-refractivity contribution in [2.45, 2.75) is 20.3 Å². The zero-order valence-corrected chi connectivity index (χ0v) is 14.4. The van der Waals surface area contributed by atoms with Gasteiger partial charge in [0.05, 0.1) is 16.5 Å². The Balaban J connectivity index is 1.53. The lowest BCUT2D eigenvalue weighted by Gasteiger charge is -2.05. The van der Waals surface area contributed by atoms with E-state index in [4.69, 9.17) is 0 Å². The van der Waals surface area contributed by atoms with E-state index in [-0.39, 0.29) is 11.7 Å². The van der Waals surface area contributed by atoms with Crippen LogP contribution in [-0.2, 0) is 11.2 Å². The third kappa shape index (κ3) is 3.92. The van der Waals surface area contributed by atoms with Crippen LogP contribution in [0.2, 0.25) is 0 Å². The number of aryl methyl sites for hydroxylation is 1. The van der Waals surface area contributed by atoms with Gasteiger partial charge in [0.15, 0.2) is 5.78 Å². The molecule has 24 heavy (non-hydrogen) atoms. The summed E-state index contributed by atoms with van der Waals surface area (Å²) in [6, 6.07) is 13.2. The van der Waals surface area contributed by atoms with Crippen LogP contribution in [0.4, 0.5) is 11.4 Å². The molecule has 5 heteroatoms. The quantitative estimate of drug-likeness (QED) is 0.852. The number of benzene rings is 2. The van der Waals surface area contributed by atoms with Crippen LogP contribution in [-0.4, -0.2) is 22.5 Å². The molecule has 4 nitrogen and oxygen atoms in total. The monoisotopic (exact) mass is 338 g/mol. The maximum Gasteiger partial charge on any atom is 0.234 e. The zero-order chi connectivity index (χ0) is 17.1. The van der Waals surface area contributed by atoms with Crippen molar-refractivity contribution in [1.29, 1.82) is 0 Å². The molecule has 0 radical (unpaired) electrons. The maximum atomic E-state index is 12.1. The van der Waals surface area contributed by atoms with E-state index < -0.39 is 0 Å². The van der Waals surface area contributed by atoms with Crippen molar-refractivity contribution in [3.63, 3.8) is 0 Å². The minimum absolute atomic E-state index is 0.0116. The van der Waals surface area contributed by atoms with Gasteiger partial charge in [-0.25, -0.2) is 4.99 Å². The van der Waals surface area contributed by atoms with Gasteiger partial charge in [-0.15, -0.1) is 11.8 Å². The number of thioether (sulfide) groups is 1. The molecule has 0 aromatic heterocycles. The molecule has 1 aliphatic heterocycles. The first-order valence-electron chi connectivity index (χ1n) is 7.72. The van der Waals surface area contributed by atoms with Gasteiger partial charge in [-0.1, -0.05) is 12.1 Å². The van der Waals surface area contributed by atoms with E-state index in [0.717, 1.165) is 17.2 Å². The van der Waals surface area contributed by atoms with Gasteiger partial charge >= 0.3 is 0 Å². The van der Waals surface area contributed by atoms with Crippen LogP contribution in [0.25, 0.3) is 0 Å². The molecule has 0 spiro atoms. The molecular weight excluding hydrogens is 320 g/mol. The predicted octanol–water partition coefficient (Wildman–Crippen LogP) is 4.16. The first-order chi connectivity index (χ1) is 11.5. The van der Waals surface area contributed by atoms with E-state index >= 15 is 0 Å². The highest BCUT2D eigenvalue weighted by Crippen LogP contribution is 2.31. The topological polar surface area (TPSA) is 58.5 Å². The summed E-state index contributed by atoms with van der Waals surface area (Å²) >= 11 is 1.47. The average molecular weight is 338 g/mol. The molecule has 0 saturated heterocycles. The fourth-order valence-corrected chi connectivity index (χ4v) is 3.27. The summed E-state index contributed by atoms with van der Waals surface area (Å²) in [7, 11) is 0. The fraction of sp³-hybridized carbons (Fsp3) is 0.211.